The summed E-state index contributed by atoms with van der Waals surface area (Å²) in [7, 11) is 0. The Morgan fingerprint density at radius 2 is 2.08 bits per heavy atom. The van der Waals surface area contributed by atoms with Crippen molar-refractivity contribution in [3.8, 4) is 0 Å². The number of rotatable bonds is 4. The summed E-state index contributed by atoms with van der Waals surface area (Å²) in [6, 6.07) is 3.84. The molecule has 4 rings (SSSR count). The molecule has 1 atom stereocenters. The zero-order chi connectivity index (χ0) is 17.2. The number of carbonyl (C=O) groups is 2. The highest BCUT2D eigenvalue weighted by Crippen LogP contribution is 2.32. The van der Waals surface area contributed by atoms with Gasteiger partial charge in [-0.15, -0.1) is 5.10 Å². The van der Waals surface area contributed by atoms with E-state index >= 15 is 0 Å². The van der Waals surface area contributed by atoms with Crippen LogP contribution in [-0.4, -0.2) is 71.1 Å². The van der Waals surface area contributed by atoms with E-state index in [0.717, 1.165) is 38.4 Å². The van der Waals surface area contributed by atoms with Crippen LogP contribution in [0, 0.1) is 11.8 Å². The van der Waals surface area contributed by atoms with Crippen molar-refractivity contribution in [1.82, 2.24) is 20.0 Å². The summed E-state index contributed by atoms with van der Waals surface area (Å²) in [6.45, 7) is 4.53. The Balaban J connectivity index is 1.34. The zero-order valence-corrected chi connectivity index (χ0v) is 14.5. The Hall–Kier alpha value is -2.18. The molecule has 0 N–H and O–H groups in total. The fourth-order valence-corrected chi connectivity index (χ4v) is 3.81. The summed E-state index contributed by atoms with van der Waals surface area (Å²) in [4.78, 5) is 31.1. The van der Waals surface area contributed by atoms with Gasteiger partial charge in [0.25, 0.3) is 0 Å². The molecule has 3 fully saturated rings. The molecule has 3 aliphatic rings. The monoisotopic (exact) mass is 343 g/mol. The molecule has 134 valence electrons. The lowest BCUT2D eigenvalue weighted by Crippen LogP contribution is -2.40. The Morgan fingerprint density at radius 1 is 1.20 bits per heavy atom. The van der Waals surface area contributed by atoms with Crippen LogP contribution in [0.25, 0.3) is 0 Å². The Bertz CT molecular complexity index is 634. The van der Waals surface area contributed by atoms with Crippen LogP contribution < -0.4 is 4.90 Å². The maximum Gasteiger partial charge on any atom is 0.228 e. The summed E-state index contributed by atoms with van der Waals surface area (Å²) in [5.74, 6) is 1.68. The first-order valence-corrected chi connectivity index (χ1v) is 9.30. The normalized spacial score (nSPS) is 24.6. The van der Waals surface area contributed by atoms with Crippen LogP contribution in [0.5, 0.6) is 0 Å². The summed E-state index contributed by atoms with van der Waals surface area (Å²) in [6.07, 6.45) is 5.42. The second kappa shape index (κ2) is 6.98. The molecule has 0 radical (unpaired) electrons. The maximum atomic E-state index is 12.9. The highest BCUT2D eigenvalue weighted by molar-refractivity contribution is 5.89. The highest BCUT2D eigenvalue weighted by Gasteiger charge is 2.38. The summed E-state index contributed by atoms with van der Waals surface area (Å²) < 4.78 is 0. The molecule has 7 nitrogen and oxygen atoms in total. The Kier molecular flexibility index (Phi) is 4.55. The fraction of sp³-hybridized carbons (Fsp3) is 0.667. The molecule has 0 spiro atoms. The number of carbonyl (C=O) groups excluding carboxylic acids is 2. The van der Waals surface area contributed by atoms with E-state index in [4.69, 9.17) is 0 Å². The average Bonchev–Trinajstić information content (AvgIpc) is 3.41. The molecule has 2 amide bonds. The van der Waals surface area contributed by atoms with Crippen molar-refractivity contribution in [3.63, 3.8) is 0 Å². The second-order valence-electron chi connectivity index (χ2n) is 7.39. The average molecular weight is 343 g/mol. The van der Waals surface area contributed by atoms with Gasteiger partial charge in [-0.25, -0.2) is 0 Å². The van der Waals surface area contributed by atoms with Crippen LogP contribution in [0.3, 0.4) is 0 Å². The maximum absolute atomic E-state index is 12.9. The largest absolute Gasteiger partial charge is 0.353 e. The molecule has 25 heavy (non-hydrogen) atoms. The van der Waals surface area contributed by atoms with Gasteiger partial charge >= 0.3 is 0 Å². The molecule has 7 heteroatoms. The van der Waals surface area contributed by atoms with E-state index in [1.165, 1.54) is 12.8 Å². The van der Waals surface area contributed by atoms with E-state index in [1.807, 2.05) is 21.9 Å². The Morgan fingerprint density at radius 3 is 2.84 bits per heavy atom. The van der Waals surface area contributed by atoms with E-state index in [9.17, 15) is 9.59 Å². The first-order valence-electron chi connectivity index (χ1n) is 9.30. The van der Waals surface area contributed by atoms with Crippen LogP contribution in [-0.2, 0) is 9.59 Å². The lowest BCUT2D eigenvalue weighted by molar-refractivity contribution is -0.135. The molecule has 0 unspecified atom stereocenters. The number of nitrogens with zero attached hydrogens (tertiary/aromatic N) is 5. The molecule has 3 heterocycles. The molecule has 1 aliphatic carbocycles. The Labute approximate surface area is 148 Å². The molecule has 1 saturated carbocycles. The van der Waals surface area contributed by atoms with Crippen LogP contribution in [0.15, 0.2) is 18.3 Å². The van der Waals surface area contributed by atoms with Gasteiger partial charge in [0.15, 0.2) is 5.82 Å². The van der Waals surface area contributed by atoms with Crippen molar-refractivity contribution >= 4 is 17.6 Å². The van der Waals surface area contributed by atoms with Gasteiger partial charge in [-0.05, 0) is 37.3 Å². The van der Waals surface area contributed by atoms with Crippen LogP contribution in [0.4, 0.5) is 5.82 Å². The quantitative estimate of drug-likeness (QED) is 0.808. The molecule has 2 saturated heterocycles. The lowest BCUT2D eigenvalue weighted by Gasteiger charge is -2.24. The van der Waals surface area contributed by atoms with Crippen molar-refractivity contribution in [1.29, 1.82) is 0 Å². The third kappa shape index (κ3) is 3.75. The fourth-order valence-electron chi connectivity index (χ4n) is 3.81. The molecular formula is C18H25N5O2. The topological polar surface area (TPSA) is 69.6 Å². The number of hydrogen-bond donors (Lipinski definition) is 0. The smallest absolute Gasteiger partial charge is 0.228 e. The second-order valence-corrected chi connectivity index (χ2v) is 7.39. The van der Waals surface area contributed by atoms with Gasteiger partial charge in [-0.2, -0.15) is 5.10 Å². The van der Waals surface area contributed by atoms with Gasteiger partial charge in [0.2, 0.25) is 11.8 Å². The predicted molar refractivity (Wildman–Crippen MR) is 92.9 cm³/mol. The van der Waals surface area contributed by atoms with Crippen molar-refractivity contribution < 1.29 is 9.59 Å². The summed E-state index contributed by atoms with van der Waals surface area (Å²) in [5.41, 5.74) is 0. The van der Waals surface area contributed by atoms with Gasteiger partial charge in [0.1, 0.15) is 0 Å². The third-order valence-corrected chi connectivity index (χ3v) is 5.43. The van der Waals surface area contributed by atoms with E-state index in [2.05, 4.69) is 15.1 Å². The number of amides is 2. The number of likely N-dealkylation sites (tertiary alicyclic amines) is 1. The molecule has 0 aromatic carbocycles. The first-order chi connectivity index (χ1) is 12.2. The van der Waals surface area contributed by atoms with Crippen molar-refractivity contribution in [2.45, 2.75) is 25.7 Å². The number of hydrogen-bond acceptors (Lipinski definition) is 5. The molecule has 1 aromatic rings. The van der Waals surface area contributed by atoms with Crippen molar-refractivity contribution in [3.05, 3.63) is 18.3 Å². The van der Waals surface area contributed by atoms with Crippen LogP contribution >= 0.6 is 0 Å². The summed E-state index contributed by atoms with van der Waals surface area (Å²) >= 11 is 0. The van der Waals surface area contributed by atoms with E-state index in [0.29, 0.717) is 25.4 Å². The lowest BCUT2D eigenvalue weighted by atomic mass is 10.1. The minimum atomic E-state index is -0.158. The third-order valence-electron chi connectivity index (χ3n) is 5.43. The number of aromatic nitrogens is 2. The SMILES string of the molecule is O=C1C[C@@H](C(=O)N2CCCN(c3cccnn3)CC2)CN1CC1CC1. The zero-order valence-electron chi connectivity index (χ0n) is 14.5. The van der Waals surface area contributed by atoms with E-state index in [1.54, 1.807) is 6.20 Å². The van der Waals surface area contributed by atoms with Gasteiger partial charge in [0.05, 0.1) is 5.92 Å². The van der Waals surface area contributed by atoms with Crippen LogP contribution in [0.1, 0.15) is 25.7 Å². The van der Waals surface area contributed by atoms with Gasteiger partial charge < -0.3 is 14.7 Å². The standard InChI is InChI=1S/C18H25N5O2/c24-17-11-15(13-23(17)12-14-4-5-14)18(25)22-8-2-7-21(9-10-22)16-3-1-6-19-20-16/h1,3,6,14-15H,2,4-5,7-13H2/t15-/m1/s1. The number of anilines is 1. The minimum Gasteiger partial charge on any atom is -0.353 e. The predicted octanol–water partition coefficient (Wildman–Crippen LogP) is 0.774. The van der Waals surface area contributed by atoms with Crippen molar-refractivity contribution in [2.24, 2.45) is 11.8 Å². The molecule has 2 aliphatic heterocycles. The molecular weight excluding hydrogens is 318 g/mol. The summed E-state index contributed by atoms with van der Waals surface area (Å²) in [5, 5.41) is 8.10. The molecule has 1 aromatic heterocycles. The first kappa shape index (κ1) is 16.3. The van der Waals surface area contributed by atoms with Crippen molar-refractivity contribution in [2.75, 3.05) is 44.2 Å². The van der Waals surface area contributed by atoms with Gasteiger partial charge in [-0.3, -0.25) is 9.59 Å². The minimum absolute atomic E-state index is 0.146. The van der Waals surface area contributed by atoms with E-state index < -0.39 is 0 Å². The molecule has 0 bridgehead atoms. The van der Waals surface area contributed by atoms with Gasteiger partial charge in [0, 0.05) is 51.9 Å². The van der Waals surface area contributed by atoms with E-state index in [-0.39, 0.29) is 17.7 Å². The van der Waals surface area contributed by atoms with Crippen LogP contribution in [0.2, 0.25) is 0 Å². The highest BCUT2D eigenvalue weighted by atomic mass is 16.2. The van der Waals surface area contributed by atoms with Gasteiger partial charge in [-0.1, -0.05) is 0 Å².